The van der Waals surface area contributed by atoms with Crippen molar-refractivity contribution in [2.75, 3.05) is 18.1 Å². The maximum atomic E-state index is 12.2. The van der Waals surface area contributed by atoms with Gasteiger partial charge in [-0.1, -0.05) is 29.8 Å². The summed E-state index contributed by atoms with van der Waals surface area (Å²) < 4.78 is 22.8. The first kappa shape index (κ1) is 16.9. The lowest BCUT2D eigenvalue weighted by molar-refractivity contribution is -0.132. The number of carbonyl (C=O) groups excluding carboxylic acids is 1. The van der Waals surface area contributed by atoms with Crippen LogP contribution >= 0.6 is 15.9 Å². The molecule has 0 radical (unpaired) electrons. The minimum absolute atomic E-state index is 0.115. The van der Waals surface area contributed by atoms with Gasteiger partial charge in [-0.15, -0.1) is 0 Å². The summed E-state index contributed by atoms with van der Waals surface area (Å²) in [6.07, 6.45) is 2.78. The van der Waals surface area contributed by atoms with Gasteiger partial charge in [0.05, 0.1) is 0 Å². The van der Waals surface area contributed by atoms with Crippen LogP contribution in [0.15, 0.2) is 0 Å². The van der Waals surface area contributed by atoms with Crippen molar-refractivity contribution in [3.63, 3.8) is 0 Å². The number of hydrogen-bond acceptors (Lipinski definition) is 3. The van der Waals surface area contributed by atoms with Crippen molar-refractivity contribution in [1.29, 1.82) is 0 Å². The molecular formula is C11H22BrNO3S. The second kappa shape index (κ2) is 7.36. The third-order valence-corrected chi connectivity index (χ3v) is 4.82. The Hall–Kier alpha value is -0.100. The van der Waals surface area contributed by atoms with Crippen molar-refractivity contribution in [3.05, 3.63) is 0 Å². The molecule has 6 heteroatoms. The monoisotopic (exact) mass is 327 g/mol. The number of amides is 1. The van der Waals surface area contributed by atoms with Gasteiger partial charge in [-0.25, -0.2) is 8.42 Å². The molecule has 0 saturated heterocycles. The van der Waals surface area contributed by atoms with E-state index < -0.39 is 15.1 Å². The first-order valence-electron chi connectivity index (χ1n) is 5.84. The van der Waals surface area contributed by atoms with Gasteiger partial charge in [0.1, 0.15) is 5.25 Å². The molecular weight excluding hydrogens is 306 g/mol. The van der Waals surface area contributed by atoms with Crippen LogP contribution in [0.1, 0.15) is 33.6 Å². The number of halogens is 1. The Kier molecular flexibility index (Phi) is 7.32. The van der Waals surface area contributed by atoms with E-state index >= 15 is 0 Å². The molecule has 0 aromatic carbocycles. The van der Waals surface area contributed by atoms with Crippen molar-refractivity contribution in [2.24, 2.45) is 0 Å². The van der Waals surface area contributed by atoms with Crippen LogP contribution in [0.25, 0.3) is 0 Å². The summed E-state index contributed by atoms with van der Waals surface area (Å²) in [5.41, 5.74) is 0. The van der Waals surface area contributed by atoms with Crippen LogP contribution in [0.4, 0.5) is 0 Å². The van der Waals surface area contributed by atoms with Gasteiger partial charge in [-0.2, -0.15) is 0 Å². The number of rotatable bonds is 7. The van der Waals surface area contributed by atoms with Gasteiger partial charge in [-0.05, 0) is 19.8 Å². The Morgan fingerprint density at radius 1 is 1.29 bits per heavy atom. The Morgan fingerprint density at radius 2 is 1.76 bits per heavy atom. The molecule has 0 aliphatic carbocycles. The minimum Gasteiger partial charge on any atom is -0.338 e. The average molecular weight is 328 g/mol. The smallest absolute Gasteiger partial charge is 0.240 e. The van der Waals surface area contributed by atoms with Crippen molar-refractivity contribution in [2.45, 2.75) is 44.9 Å². The fraction of sp³-hybridized carbons (Fsp3) is 0.909. The van der Waals surface area contributed by atoms with Crippen LogP contribution in [0.5, 0.6) is 0 Å². The molecule has 0 aromatic heterocycles. The van der Waals surface area contributed by atoms with Gasteiger partial charge in [0, 0.05) is 24.2 Å². The van der Waals surface area contributed by atoms with Gasteiger partial charge in [-0.3, -0.25) is 4.79 Å². The number of sulfone groups is 1. The van der Waals surface area contributed by atoms with Crippen LogP contribution in [0.2, 0.25) is 0 Å². The zero-order valence-electron chi connectivity index (χ0n) is 10.9. The maximum absolute atomic E-state index is 12.2. The molecule has 0 fully saturated rings. The highest BCUT2D eigenvalue weighted by Gasteiger charge is 2.30. The van der Waals surface area contributed by atoms with Crippen LogP contribution in [-0.4, -0.2) is 48.6 Å². The highest BCUT2D eigenvalue weighted by Crippen LogP contribution is 2.13. The summed E-state index contributed by atoms with van der Waals surface area (Å²) in [7, 11) is -3.32. The summed E-state index contributed by atoms with van der Waals surface area (Å²) in [5.74, 6) is -0.291. The summed E-state index contributed by atoms with van der Waals surface area (Å²) in [4.78, 5) is 13.8. The van der Waals surface area contributed by atoms with E-state index in [1.807, 2.05) is 13.8 Å². The topological polar surface area (TPSA) is 54.5 Å². The Balaban J connectivity index is 5.00. The quantitative estimate of drug-likeness (QED) is 0.670. The zero-order chi connectivity index (χ0) is 13.6. The summed E-state index contributed by atoms with van der Waals surface area (Å²) in [6, 6.07) is 0.115. The number of hydrogen-bond donors (Lipinski definition) is 0. The number of carbonyl (C=O) groups is 1. The molecule has 0 rings (SSSR count). The Morgan fingerprint density at radius 3 is 2.06 bits per heavy atom. The molecule has 0 spiro atoms. The number of nitrogens with zero attached hydrogens (tertiary/aromatic N) is 1. The molecule has 102 valence electrons. The van der Waals surface area contributed by atoms with Crippen molar-refractivity contribution in [1.82, 2.24) is 4.90 Å². The van der Waals surface area contributed by atoms with Crippen LogP contribution in [-0.2, 0) is 14.6 Å². The van der Waals surface area contributed by atoms with Crippen molar-refractivity contribution >= 4 is 31.7 Å². The Labute approximate surface area is 113 Å². The molecule has 17 heavy (non-hydrogen) atoms. The molecule has 0 aliphatic rings. The minimum atomic E-state index is -3.32. The van der Waals surface area contributed by atoms with Gasteiger partial charge in [0.2, 0.25) is 5.91 Å². The molecule has 0 aliphatic heterocycles. The normalized spacial score (nSPS) is 13.8. The largest absolute Gasteiger partial charge is 0.338 e. The third-order valence-electron chi connectivity index (χ3n) is 2.98. The van der Waals surface area contributed by atoms with Gasteiger partial charge in [0.25, 0.3) is 0 Å². The molecule has 0 bridgehead atoms. The molecule has 1 atom stereocenters. The predicted octanol–water partition coefficient (Wildman–Crippen LogP) is 1.83. The van der Waals surface area contributed by atoms with E-state index in [1.165, 1.54) is 6.92 Å². The van der Waals surface area contributed by atoms with Crippen molar-refractivity contribution in [3.8, 4) is 0 Å². The fourth-order valence-corrected chi connectivity index (χ4v) is 2.59. The molecule has 0 N–H and O–H groups in total. The fourth-order valence-electron chi connectivity index (χ4n) is 1.71. The lowest BCUT2D eigenvalue weighted by Gasteiger charge is -2.31. The van der Waals surface area contributed by atoms with Gasteiger partial charge >= 0.3 is 0 Å². The molecule has 0 saturated carbocycles. The highest BCUT2D eigenvalue weighted by molar-refractivity contribution is 9.09. The van der Waals surface area contributed by atoms with E-state index in [0.29, 0.717) is 11.9 Å². The first-order chi connectivity index (χ1) is 7.79. The zero-order valence-corrected chi connectivity index (χ0v) is 13.3. The first-order valence-corrected chi connectivity index (χ1v) is 8.92. The van der Waals surface area contributed by atoms with Gasteiger partial charge < -0.3 is 4.90 Å². The number of alkyl halides is 1. The van der Waals surface area contributed by atoms with E-state index in [0.717, 1.165) is 19.1 Å². The molecule has 0 aromatic rings. The summed E-state index contributed by atoms with van der Waals surface area (Å²) in [6.45, 7) is 6.02. The van der Waals surface area contributed by atoms with E-state index in [-0.39, 0.29) is 11.9 Å². The molecule has 1 unspecified atom stereocenters. The lowest BCUT2D eigenvalue weighted by atomic mass is 10.1. The Bertz CT molecular complexity index is 339. The third kappa shape index (κ3) is 4.95. The van der Waals surface area contributed by atoms with Crippen LogP contribution < -0.4 is 0 Å². The molecule has 1 amide bonds. The average Bonchev–Trinajstić information content (AvgIpc) is 2.26. The SMILES string of the molecule is CCC(CC)N(CCBr)C(=O)C(C)S(C)(=O)=O. The highest BCUT2D eigenvalue weighted by atomic mass is 79.9. The summed E-state index contributed by atoms with van der Waals surface area (Å²) in [5, 5.41) is -0.298. The van der Waals surface area contributed by atoms with Gasteiger partial charge in [0.15, 0.2) is 9.84 Å². The van der Waals surface area contributed by atoms with E-state index in [1.54, 1.807) is 4.90 Å². The second-order valence-corrected chi connectivity index (χ2v) is 7.32. The second-order valence-electron chi connectivity index (χ2n) is 4.16. The van der Waals surface area contributed by atoms with E-state index in [2.05, 4.69) is 15.9 Å². The summed E-state index contributed by atoms with van der Waals surface area (Å²) >= 11 is 3.30. The van der Waals surface area contributed by atoms with Crippen LogP contribution in [0, 0.1) is 0 Å². The van der Waals surface area contributed by atoms with E-state index in [9.17, 15) is 13.2 Å². The molecule has 4 nitrogen and oxygen atoms in total. The van der Waals surface area contributed by atoms with Crippen molar-refractivity contribution < 1.29 is 13.2 Å². The maximum Gasteiger partial charge on any atom is 0.240 e. The lowest BCUT2D eigenvalue weighted by Crippen LogP contribution is -2.47. The predicted molar refractivity (Wildman–Crippen MR) is 74.2 cm³/mol. The van der Waals surface area contributed by atoms with Crippen LogP contribution in [0.3, 0.4) is 0 Å². The van der Waals surface area contributed by atoms with E-state index in [4.69, 9.17) is 0 Å². The molecule has 0 heterocycles. The standard InChI is InChI=1S/C11H22BrNO3S/c1-5-10(6-2)13(8-7-12)11(14)9(3)17(4,15)16/h9-10H,5-8H2,1-4H3.